The highest BCUT2D eigenvalue weighted by molar-refractivity contribution is 7.98. The number of carbonyl (C=O) groups excluding carboxylic acids is 1. The molecular weight excluding hydrogens is 470 g/mol. The first kappa shape index (κ1) is 24.2. The van der Waals surface area contributed by atoms with Gasteiger partial charge in [-0.1, -0.05) is 30.3 Å². The van der Waals surface area contributed by atoms with Crippen LogP contribution in [0.15, 0.2) is 77.8 Å². The Balaban J connectivity index is 1.64. The lowest BCUT2D eigenvalue weighted by Gasteiger charge is -2.31. The Morgan fingerprint density at radius 1 is 1.11 bits per heavy atom. The predicted octanol–water partition coefficient (Wildman–Crippen LogP) is 5.34. The van der Waals surface area contributed by atoms with Crippen molar-refractivity contribution in [2.75, 3.05) is 26.5 Å². The van der Waals surface area contributed by atoms with Crippen molar-refractivity contribution in [1.82, 2.24) is 24.6 Å². The third kappa shape index (κ3) is 4.54. The lowest BCUT2D eigenvalue weighted by Crippen LogP contribution is -2.42. The molecule has 5 rings (SSSR count). The van der Waals surface area contributed by atoms with Crippen molar-refractivity contribution < 1.29 is 9.53 Å². The first-order chi connectivity index (χ1) is 17.6. The van der Waals surface area contributed by atoms with Gasteiger partial charge in [-0.15, -0.1) is 11.8 Å². The lowest BCUT2D eigenvalue weighted by molar-refractivity contribution is 0.174. The Labute approximate surface area is 216 Å². The van der Waals surface area contributed by atoms with Gasteiger partial charge < -0.3 is 19.5 Å². The Bertz CT molecular complexity index is 1330. The molecule has 8 heteroatoms. The summed E-state index contributed by atoms with van der Waals surface area (Å²) in [5, 5.41) is 8.02. The van der Waals surface area contributed by atoms with Gasteiger partial charge >= 0.3 is 6.03 Å². The van der Waals surface area contributed by atoms with E-state index in [9.17, 15) is 4.79 Å². The molecule has 0 spiro atoms. The number of nitrogens with one attached hydrogen (secondary N) is 1. The number of urea groups is 1. The molecule has 0 saturated carbocycles. The number of ether oxygens (including phenoxy) is 1. The number of methoxy groups -OCH3 is 1. The zero-order valence-corrected chi connectivity index (χ0v) is 21.7. The summed E-state index contributed by atoms with van der Waals surface area (Å²) in [5.41, 5.74) is 5.02. The average molecular weight is 502 g/mol. The maximum absolute atomic E-state index is 13.7. The van der Waals surface area contributed by atoms with E-state index in [2.05, 4.69) is 64.8 Å². The molecule has 0 aliphatic carbocycles. The zero-order chi connectivity index (χ0) is 25.1. The van der Waals surface area contributed by atoms with E-state index in [0.29, 0.717) is 19.7 Å². The van der Waals surface area contributed by atoms with E-state index in [1.807, 2.05) is 40.8 Å². The number of aryl methyl sites for hydroxylation is 1. The van der Waals surface area contributed by atoms with Crippen LogP contribution in [0.25, 0.3) is 11.5 Å². The number of rotatable bonds is 7. The molecule has 36 heavy (non-hydrogen) atoms. The van der Waals surface area contributed by atoms with E-state index < -0.39 is 0 Å². The minimum atomic E-state index is -0.255. The van der Waals surface area contributed by atoms with Crippen LogP contribution in [-0.4, -0.2) is 51.8 Å². The molecular formula is C28H31N5O2S. The van der Waals surface area contributed by atoms with Crippen LogP contribution in [0.5, 0.6) is 0 Å². The maximum Gasteiger partial charge on any atom is 0.318 e. The predicted molar refractivity (Wildman–Crippen MR) is 143 cm³/mol. The quantitative estimate of drug-likeness (QED) is 0.274. The summed E-state index contributed by atoms with van der Waals surface area (Å²) >= 11 is 1.71. The zero-order valence-electron chi connectivity index (χ0n) is 20.8. The fourth-order valence-corrected chi connectivity index (χ4v) is 5.21. The van der Waals surface area contributed by atoms with Crippen LogP contribution in [-0.2, 0) is 11.3 Å². The standard InChI is InChI=1S/C28H31N5O2S/c1-20-24-19-32(28(34)29-16-8-18-35-2)26(21-12-14-23(36-3)15-13-21)25-11-7-17-31(25)27(24)33(30-20)22-9-5-4-6-10-22/h4-7,9-15,17,26H,8,16,18-19H2,1-3H3,(H,29,34). The molecule has 0 saturated heterocycles. The first-order valence-electron chi connectivity index (χ1n) is 12.1. The number of fused-ring (bicyclic) bond motifs is 3. The number of hydrogen-bond acceptors (Lipinski definition) is 4. The molecule has 2 aromatic carbocycles. The van der Waals surface area contributed by atoms with Crippen molar-refractivity contribution in [2.24, 2.45) is 0 Å². The molecule has 1 N–H and O–H groups in total. The molecule has 4 aromatic rings. The molecule has 2 amide bonds. The monoisotopic (exact) mass is 501 g/mol. The van der Waals surface area contributed by atoms with Crippen molar-refractivity contribution in [2.45, 2.75) is 30.8 Å². The second-order valence-electron chi connectivity index (χ2n) is 8.82. The van der Waals surface area contributed by atoms with Gasteiger partial charge in [0.2, 0.25) is 0 Å². The highest BCUT2D eigenvalue weighted by Gasteiger charge is 2.35. The molecule has 0 radical (unpaired) electrons. The topological polar surface area (TPSA) is 64.3 Å². The van der Waals surface area contributed by atoms with Gasteiger partial charge in [0.25, 0.3) is 0 Å². The summed E-state index contributed by atoms with van der Waals surface area (Å²) in [7, 11) is 1.67. The number of nitrogens with zero attached hydrogens (tertiary/aromatic N) is 4. The van der Waals surface area contributed by atoms with Crippen LogP contribution < -0.4 is 5.32 Å². The van der Waals surface area contributed by atoms with Crippen molar-refractivity contribution in [3.63, 3.8) is 0 Å². The van der Waals surface area contributed by atoms with Gasteiger partial charge in [-0.2, -0.15) is 5.10 Å². The first-order valence-corrected chi connectivity index (χ1v) is 13.3. The molecule has 0 fully saturated rings. The van der Waals surface area contributed by atoms with E-state index in [1.54, 1.807) is 18.9 Å². The number of aromatic nitrogens is 3. The molecule has 1 unspecified atom stereocenters. The van der Waals surface area contributed by atoms with E-state index in [4.69, 9.17) is 9.84 Å². The van der Waals surface area contributed by atoms with Gasteiger partial charge in [-0.3, -0.25) is 0 Å². The number of carbonyl (C=O) groups is 1. The SMILES string of the molecule is COCCCNC(=O)N1Cc2c(C)nn(-c3ccccc3)c2-n2cccc2C1c1ccc(SC)cc1. The Morgan fingerprint density at radius 2 is 1.89 bits per heavy atom. The molecule has 7 nitrogen and oxygen atoms in total. The highest BCUT2D eigenvalue weighted by atomic mass is 32.2. The maximum atomic E-state index is 13.7. The van der Waals surface area contributed by atoms with Crippen molar-refractivity contribution in [1.29, 1.82) is 0 Å². The second kappa shape index (κ2) is 10.6. The molecule has 1 aliphatic rings. The van der Waals surface area contributed by atoms with Crippen LogP contribution in [0.3, 0.4) is 0 Å². The number of para-hydroxylation sites is 1. The largest absolute Gasteiger partial charge is 0.385 e. The average Bonchev–Trinajstić information content (AvgIpc) is 3.47. The molecule has 186 valence electrons. The summed E-state index contributed by atoms with van der Waals surface area (Å²) in [4.78, 5) is 16.8. The fourth-order valence-electron chi connectivity index (χ4n) is 4.80. The third-order valence-corrected chi connectivity index (χ3v) is 7.32. The van der Waals surface area contributed by atoms with E-state index in [-0.39, 0.29) is 12.1 Å². The summed E-state index contributed by atoms with van der Waals surface area (Å²) in [6.45, 7) is 3.62. The van der Waals surface area contributed by atoms with Crippen LogP contribution >= 0.6 is 11.8 Å². The van der Waals surface area contributed by atoms with Gasteiger partial charge in [0.05, 0.1) is 29.7 Å². The van der Waals surface area contributed by atoms with Gasteiger partial charge in [0.15, 0.2) is 0 Å². The summed E-state index contributed by atoms with van der Waals surface area (Å²) in [6, 6.07) is 22.4. The summed E-state index contributed by atoms with van der Waals surface area (Å²) in [5.74, 6) is 0.971. The van der Waals surface area contributed by atoms with Gasteiger partial charge in [-0.05, 0) is 61.6 Å². The van der Waals surface area contributed by atoms with Crippen LogP contribution in [0.4, 0.5) is 4.79 Å². The molecule has 1 aliphatic heterocycles. The number of benzene rings is 2. The lowest BCUT2D eigenvalue weighted by atomic mass is 10.0. The Morgan fingerprint density at radius 3 is 2.61 bits per heavy atom. The molecule has 2 aromatic heterocycles. The van der Waals surface area contributed by atoms with Crippen LogP contribution in [0.2, 0.25) is 0 Å². The van der Waals surface area contributed by atoms with E-state index in [1.165, 1.54) is 4.90 Å². The minimum absolute atomic E-state index is 0.0995. The normalized spacial score (nSPS) is 14.8. The van der Waals surface area contributed by atoms with Gasteiger partial charge in [-0.25, -0.2) is 9.48 Å². The number of thioether (sulfide) groups is 1. The highest BCUT2D eigenvalue weighted by Crippen LogP contribution is 2.38. The van der Waals surface area contributed by atoms with Gasteiger partial charge in [0, 0.05) is 36.9 Å². The van der Waals surface area contributed by atoms with Crippen LogP contribution in [0.1, 0.15) is 35.0 Å². The number of hydrogen-bond donors (Lipinski definition) is 1. The van der Waals surface area contributed by atoms with E-state index >= 15 is 0 Å². The third-order valence-electron chi connectivity index (χ3n) is 6.58. The van der Waals surface area contributed by atoms with Crippen molar-refractivity contribution in [3.8, 4) is 11.5 Å². The van der Waals surface area contributed by atoms with E-state index in [0.717, 1.165) is 40.4 Å². The molecule has 1 atom stereocenters. The van der Waals surface area contributed by atoms with Crippen molar-refractivity contribution >= 4 is 17.8 Å². The molecule has 0 bridgehead atoms. The Hall–Kier alpha value is -3.49. The van der Waals surface area contributed by atoms with Gasteiger partial charge in [0.1, 0.15) is 5.82 Å². The van der Waals surface area contributed by atoms with Crippen LogP contribution in [0, 0.1) is 6.92 Å². The molecule has 3 heterocycles. The second-order valence-corrected chi connectivity index (χ2v) is 9.70. The smallest absolute Gasteiger partial charge is 0.318 e. The van der Waals surface area contributed by atoms with Crippen molar-refractivity contribution in [3.05, 3.63) is 95.4 Å². The Kier molecular flexibility index (Phi) is 7.16. The summed E-state index contributed by atoms with van der Waals surface area (Å²) in [6.07, 6.45) is 4.90. The minimum Gasteiger partial charge on any atom is -0.385 e. The number of amides is 2. The fraction of sp³-hybridized carbons (Fsp3) is 0.286. The summed E-state index contributed by atoms with van der Waals surface area (Å²) < 4.78 is 9.34.